The predicted octanol–water partition coefficient (Wildman–Crippen LogP) is 3.91. The van der Waals surface area contributed by atoms with Gasteiger partial charge in [-0.1, -0.05) is 22.0 Å². The van der Waals surface area contributed by atoms with Crippen molar-refractivity contribution >= 4 is 22.0 Å². The molecule has 2 atom stereocenters. The van der Waals surface area contributed by atoms with Crippen molar-refractivity contribution in [2.45, 2.75) is 45.0 Å². The Bertz CT molecular complexity index is 499. The van der Waals surface area contributed by atoms with Gasteiger partial charge in [-0.05, 0) is 44.0 Å². The third kappa shape index (κ3) is 3.47. The minimum absolute atomic E-state index is 0.315. The van der Waals surface area contributed by atoms with Gasteiger partial charge in [0, 0.05) is 10.9 Å². The average molecular weight is 330 g/mol. The smallest absolute Gasteiger partial charge is 0.408 e. The molecule has 1 amide bonds. The maximum atomic E-state index is 14.0. The molecular formula is C14H17BrFNO2. The van der Waals surface area contributed by atoms with E-state index < -0.39 is 23.9 Å². The number of nitrogens with one attached hydrogen (secondary N) is 1. The van der Waals surface area contributed by atoms with Crippen molar-refractivity contribution in [1.29, 1.82) is 0 Å². The first-order valence-corrected chi connectivity index (χ1v) is 6.97. The summed E-state index contributed by atoms with van der Waals surface area (Å²) in [5.74, 6) is 0. The van der Waals surface area contributed by atoms with E-state index in [0.29, 0.717) is 6.42 Å². The summed E-state index contributed by atoms with van der Waals surface area (Å²) in [7, 11) is 0. The first-order valence-electron chi connectivity index (χ1n) is 6.18. The number of ether oxygens (including phenoxy) is 1. The van der Waals surface area contributed by atoms with E-state index >= 15 is 0 Å². The van der Waals surface area contributed by atoms with Crippen LogP contribution in [0.15, 0.2) is 22.7 Å². The van der Waals surface area contributed by atoms with E-state index in [2.05, 4.69) is 21.2 Å². The van der Waals surface area contributed by atoms with Crippen LogP contribution >= 0.6 is 15.9 Å². The normalized spacial score (nSPS) is 21.9. The van der Waals surface area contributed by atoms with Gasteiger partial charge in [-0.2, -0.15) is 0 Å². The fraction of sp³-hybridized carbons (Fsp3) is 0.500. The summed E-state index contributed by atoms with van der Waals surface area (Å²) in [4.78, 5) is 11.7. The fourth-order valence-corrected chi connectivity index (χ4v) is 2.59. The Morgan fingerprint density at radius 1 is 1.47 bits per heavy atom. The highest BCUT2D eigenvalue weighted by Crippen LogP contribution is 2.35. The summed E-state index contributed by atoms with van der Waals surface area (Å²) in [5, 5.41) is 2.61. The zero-order chi connectivity index (χ0) is 14.2. The topological polar surface area (TPSA) is 38.3 Å². The average Bonchev–Trinajstić information content (AvgIpc) is 2.51. The number of alkyl halides is 1. The van der Waals surface area contributed by atoms with Gasteiger partial charge in [0.25, 0.3) is 0 Å². The number of rotatable bonds is 1. The molecule has 0 saturated heterocycles. The van der Waals surface area contributed by atoms with Gasteiger partial charge < -0.3 is 10.1 Å². The summed E-state index contributed by atoms with van der Waals surface area (Å²) < 4.78 is 20.1. The van der Waals surface area contributed by atoms with E-state index in [1.165, 1.54) is 0 Å². The highest BCUT2D eigenvalue weighted by atomic mass is 79.9. The number of hydrogen-bond donors (Lipinski definition) is 1. The fourth-order valence-electron chi connectivity index (χ4n) is 2.18. The molecule has 1 aliphatic rings. The predicted molar refractivity (Wildman–Crippen MR) is 74.9 cm³/mol. The molecular weight excluding hydrogens is 313 g/mol. The van der Waals surface area contributed by atoms with Gasteiger partial charge in [0.1, 0.15) is 11.8 Å². The number of carbonyl (C=O) groups is 1. The lowest BCUT2D eigenvalue weighted by Gasteiger charge is -2.23. The summed E-state index contributed by atoms with van der Waals surface area (Å²) in [6.07, 6.45) is -1.39. The molecule has 0 bridgehead atoms. The third-order valence-corrected chi connectivity index (χ3v) is 3.38. The molecule has 0 aromatic heterocycles. The summed E-state index contributed by atoms with van der Waals surface area (Å²) in [6, 6.07) is 4.94. The molecule has 0 fully saturated rings. The van der Waals surface area contributed by atoms with Crippen LogP contribution in [0.1, 0.15) is 37.9 Å². The van der Waals surface area contributed by atoms with Crippen LogP contribution in [0.5, 0.6) is 0 Å². The second-order valence-corrected chi connectivity index (χ2v) is 6.60. The molecule has 19 heavy (non-hydrogen) atoms. The van der Waals surface area contributed by atoms with Crippen molar-refractivity contribution in [2.24, 2.45) is 0 Å². The lowest BCUT2D eigenvalue weighted by molar-refractivity contribution is 0.0479. The van der Waals surface area contributed by atoms with Crippen molar-refractivity contribution in [1.82, 2.24) is 5.32 Å². The molecule has 1 N–H and O–H groups in total. The number of alkyl carbamates (subject to hydrolysis) is 1. The van der Waals surface area contributed by atoms with Crippen LogP contribution in [0, 0.1) is 0 Å². The largest absolute Gasteiger partial charge is 0.444 e. The maximum absolute atomic E-state index is 14.0. The molecule has 1 aliphatic carbocycles. The van der Waals surface area contributed by atoms with Gasteiger partial charge in [0.05, 0.1) is 6.04 Å². The molecule has 0 saturated carbocycles. The number of carbonyl (C=O) groups excluding carboxylic acids is 1. The molecule has 1 unspecified atom stereocenters. The number of amides is 1. The number of benzene rings is 1. The van der Waals surface area contributed by atoms with E-state index in [1.54, 1.807) is 20.8 Å². The van der Waals surface area contributed by atoms with E-state index in [-0.39, 0.29) is 0 Å². The van der Waals surface area contributed by atoms with Crippen LogP contribution in [-0.4, -0.2) is 17.9 Å². The Morgan fingerprint density at radius 3 is 2.79 bits per heavy atom. The monoisotopic (exact) mass is 329 g/mol. The zero-order valence-corrected chi connectivity index (χ0v) is 12.8. The van der Waals surface area contributed by atoms with E-state index in [9.17, 15) is 9.18 Å². The highest BCUT2D eigenvalue weighted by molar-refractivity contribution is 9.10. The first kappa shape index (κ1) is 14.3. The first-order chi connectivity index (χ1) is 8.76. The van der Waals surface area contributed by atoms with Crippen LogP contribution in [0.3, 0.4) is 0 Å². The quantitative estimate of drug-likeness (QED) is 0.848. The van der Waals surface area contributed by atoms with Crippen molar-refractivity contribution in [3.8, 4) is 0 Å². The zero-order valence-electron chi connectivity index (χ0n) is 11.2. The van der Waals surface area contributed by atoms with Crippen molar-refractivity contribution in [3.05, 3.63) is 33.8 Å². The molecule has 0 spiro atoms. The van der Waals surface area contributed by atoms with Crippen LogP contribution in [-0.2, 0) is 11.2 Å². The van der Waals surface area contributed by atoms with Gasteiger partial charge in [0.15, 0.2) is 0 Å². The van der Waals surface area contributed by atoms with Gasteiger partial charge in [-0.3, -0.25) is 0 Å². The van der Waals surface area contributed by atoms with E-state index in [4.69, 9.17) is 4.74 Å². The molecule has 2 rings (SSSR count). The minimum Gasteiger partial charge on any atom is -0.444 e. The van der Waals surface area contributed by atoms with Gasteiger partial charge in [-0.25, -0.2) is 9.18 Å². The van der Waals surface area contributed by atoms with Crippen molar-refractivity contribution in [3.63, 3.8) is 0 Å². The second-order valence-electron chi connectivity index (χ2n) is 5.69. The van der Waals surface area contributed by atoms with Gasteiger partial charge in [-0.15, -0.1) is 0 Å². The standard InChI is InChI=1S/C14H17BrFNO2/c1-14(2,3)19-13(18)17-12-10-5-4-9(15)6-8(10)7-11(12)16/h4-6,11-12H,7H2,1-3H3,(H,17,18)/t11?,12-/m1/s1. The van der Waals surface area contributed by atoms with Crippen LogP contribution in [0.2, 0.25) is 0 Å². The summed E-state index contributed by atoms with van der Waals surface area (Å²) >= 11 is 3.36. The Morgan fingerprint density at radius 2 is 2.16 bits per heavy atom. The van der Waals surface area contributed by atoms with E-state index in [0.717, 1.165) is 15.6 Å². The Balaban J connectivity index is 2.12. The number of hydrogen-bond acceptors (Lipinski definition) is 2. The summed E-state index contributed by atoms with van der Waals surface area (Å²) in [6.45, 7) is 5.33. The summed E-state index contributed by atoms with van der Waals surface area (Å²) in [5.41, 5.74) is 1.15. The molecule has 104 valence electrons. The maximum Gasteiger partial charge on any atom is 0.408 e. The van der Waals surface area contributed by atoms with Gasteiger partial charge in [0.2, 0.25) is 0 Å². The van der Waals surface area contributed by atoms with E-state index in [1.807, 2.05) is 18.2 Å². The third-order valence-electron chi connectivity index (χ3n) is 2.89. The van der Waals surface area contributed by atoms with Crippen LogP contribution in [0.4, 0.5) is 9.18 Å². The molecule has 0 heterocycles. The van der Waals surface area contributed by atoms with Crippen molar-refractivity contribution in [2.75, 3.05) is 0 Å². The molecule has 3 nitrogen and oxygen atoms in total. The Hall–Kier alpha value is -1.10. The van der Waals surface area contributed by atoms with Gasteiger partial charge >= 0.3 is 6.09 Å². The molecule has 5 heteroatoms. The number of halogens is 2. The number of fused-ring (bicyclic) bond motifs is 1. The molecule has 1 aromatic carbocycles. The minimum atomic E-state index is -1.11. The lowest BCUT2D eigenvalue weighted by atomic mass is 10.1. The Kier molecular flexibility index (Phi) is 3.85. The van der Waals surface area contributed by atoms with Crippen molar-refractivity contribution < 1.29 is 13.9 Å². The molecule has 0 aliphatic heterocycles. The SMILES string of the molecule is CC(C)(C)OC(=O)N[C@@H]1c2ccc(Br)cc2CC1F. The molecule has 1 aromatic rings. The van der Waals surface area contributed by atoms with Crippen LogP contribution < -0.4 is 5.32 Å². The second kappa shape index (κ2) is 5.12. The molecule has 0 radical (unpaired) electrons. The Labute approximate surface area is 120 Å². The lowest BCUT2D eigenvalue weighted by Crippen LogP contribution is -2.37. The highest BCUT2D eigenvalue weighted by Gasteiger charge is 2.34. The van der Waals surface area contributed by atoms with Crippen LogP contribution in [0.25, 0.3) is 0 Å².